The lowest BCUT2D eigenvalue weighted by atomic mass is 9.92. The van der Waals surface area contributed by atoms with Gasteiger partial charge in [-0.1, -0.05) is 109 Å². The summed E-state index contributed by atoms with van der Waals surface area (Å²) < 4.78 is 23.5. The number of phenols is 2. The molecule has 10 rings (SSSR count). The fourth-order valence-electron chi connectivity index (χ4n) is 8.06. The normalized spacial score (nSPS) is 10.9. The number of ether oxygens (including phenoxy) is 4. The number of fused-ring (bicyclic) bond motifs is 2. The summed E-state index contributed by atoms with van der Waals surface area (Å²) in [6.45, 7) is 0. The van der Waals surface area contributed by atoms with Crippen molar-refractivity contribution >= 4 is 45.4 Å². The van der Waals surface area contributed by atoms with E-state index in [2.05, 4.69) is 0 Å². The zero-order valence-electron chi connectivity index (χ0n) is 36.9. The van der Waals surface area contributed by atoms with E-state index in [1.54, 1.807) is 84.9 Å². The van der Waals surface area contributed by atoms with Gasteiger partial charge in [-0.3, -0.25) is 0 Å². The molecule has 0 atom stereocenters. The minimum Gasteiger partial charge on any atom is -0.508 e. The highest BCUT2D eigenvalue weighted by Gasteiger charge is 2.23. The second-order valence-electron chi connectivity index (χ2n) is 16.2. The summed E-state index contributed by atoms with van der Waals surface area (Å²) in [5, 5.41) is 22.4. The van der Waals surface area contributed by atoms with Crippen molar-refractivity contribution < 1.29 is 48.3 Å². The third-order valence-electron chi connectivity index (χ3n) is 11.7. The molecule has 0 saturated carbocycles. The molecule has 0 unspecified atom stereocenters. The summed E-state index contributed by atoms with van der Waals surface area (Å²) in [4.78, 5) is 53.2. The van der Waals surface area contributed by atoms with E-state index >= 15 is 0 Å². The summed E-state index contributed by atoms with van der Waals surface area (Å²) in [6.07, 6.45) is 0. The largest absolute Gasteiger partial charge is 0.508 e. The quantitative estimate of drug-likeness (QED) is 0.0949. The molecule has 0 spiro atoms. The van der Waals surface area contributed by atoms with Crippen LogP contribution in [0, 0.1) is 0 Å². The van der Waals surface area contributed by atoms with Crippen LogP contribution in [0.3, 0.4) is 0 Å². The zero-order chi connectivity index (χ0) is 48.1. The molecule has 10 heteroatoms. The van der Waals surface area contributed by atoms with Gasteiger partial charge in [0.2, 0.25) is 0 Å². The van der Waals surface area contributed by atoms with Crippen LogP contribution < -0.4 is 18.9 Å². The van der Waals surface area contributed by atoms with Crippen LogP contribution in [0.15, 0.2) is 218 Å². The maximum Gasteiger partial charge on any atom is 0.343 e. The van der Waals surface area contributed by atoms with Gasteiger partial charge in [-0.2, -0.15) is 0 Å². The molecular weight excluding hydrogens is 881 g/mol. The molecule has 0 amide bonds. The molecule has 0 saturated heterocycles. The molecule has 10 nitrogen and oxygen atoms in total. The van der Waals surface area contributed by atoms with Gasteiger partial charge in [-0.25, -0.2) is 19.2 Å². The van der Waals surface area contributed by atoms with Gasteiger partial charge in [0.25, 0.3) is 0 Å². The van der Waals surface area contributed by atoms with Crippen molar-refractivity contribution in [3.63, 3.8) is 0 Å². The van der Waals surface area contributed by atoms with Crippen LogP contribution in [0.5, 0.6) is 34.5 Å². The molecule has 0 aliphatic rings. The lowest BCUT2D eigenvalue weighted by Gasteiger charge is -2.19. The van der Waals surface area contributed by atoms with E-state index in [9.17, 15) is 29.4 Å². The number of hydrogen-bond donors (Lipinski definition) is 2. The molecule has 0 radical (unpaired) electrons. The number of carbonyl (C=O) groups excluding carboxylic acids is 4. The molecule has 0 aliphatic heterocycles. The van der Waals surface area contributed by atoms with Gasteiger partial charge in [-0.15, -0.1) is 0 Å². The first kappa shape index (κ1) is 44.1. The molecule has 338 valence electrons. The zero-order valence-corrected chi connectivity index (χ0v) is 36.9. The van der Waals surface area contributed by atoms with E-state index in [0.29, 0.717) is 44.9 Å². The van der Waals surface area contributed by atoms with Crippen LogP contribution in [0.4, 0.5) is 0 Å². The maximum absolute atomic E-state index is 14.0. The summed E-state index contributed by atoms with van der Waals surface area (Å²) in [6, 6.07) is 62.2. The van der Waals surface area contributed by atoms with E-state index in [-0.39, 0.29) is 23.0 Å². The van der Waals surface area contributed by atoms with Gasteiger partial charge in [0, 0.05) is 11.1 Å². The third-order valence-corrected chi connectivity index (χ3v) is 11.7. The molecular formula is C60H38O10. The Morgan fingerprint density at radius 3 is 0.914 bits per heavy atom. The molecule has 0 fully saturated rings. The first-order chi connectivity index (χ1) is 34.1. The first-order valence-corrected chi connectivity index (χ1v) is 22.1. The Morgan fingerprint density at radius 1 is 0.286 bits per heavy atom. The SMILES string of the molecule is O=C(Oc1ccc(-c2ccc(C(=O)Oc3ccc4ccccc4c3-c3c(OC(=O)c4ccc(-c5ccc(OC(=O)c6ccc(O)cc6)cc5)cc4)ccc4ccccc34)cc2)cc1)c1ccc(O)cc1. The van der Waals surface area contributed by atoms with Crippen molar-refractivity contribution in [1.82, 2.24) is 0 Å². The third kappa shape index (κ3) is 9.42. The molecule has 0 heterocycles. The highest BCUT2D eigenvalue weighted by molar-refractivity contribution is 6.11. The Kier molecular flexibility index (Phi) is 12.1. The molecule has 0 bridgehead atoms. The first-order valence-electron chi connectivity index (χ1n) is 22.1. The summed E-state index contributed by atoms with van der Waals surface area (Å²) in [5.74, 6) is -0.959. The van der Waals surface area contributed by atoms with Crippen LogP contribution in [0.25, 0.3) is 54.9 Å². The second-order valence-corrected chi connectivity index (χ2v) is 16.2. The Balaban J connectivity index is 0.889. The van der Waals surface area contributed by atoms with Crippen molar-refractivity contribution in [2.24, 2.45) is 0 Å². The summed E-state index contributed by atoms with van der Waals surface area (Å²) in [5.41, 5.74) is 5.65. The standard InChI is InChI=1S/C60H38O10/c61-47-27-17-45(18-28-47)57(63)67-49-31-21-39(22-32-49)37-9-13-43(14-10-37)59(65)69-53-35-25-41-5-1-3-7-51(41)55(53)56-52-8-4-2-6-42(52)26-36-54(56)70-60(66)44-15-11-38(12-16-44)40-23-33-50(34-24-40)68-58(64)46-19-29-48(62)30-20-46/h1-36,61-62H. The molecule has 10 aromatic carbocycles. The van der Waals surface area contributed by atoms with E-state index in [0.717, 1.165) is 43.8 Å². The van der Waals surface area contributed by atoms with Crippen molar-refractivity contribution in [2.75, 3.05) is 0 Å². The average Bonchev–Trinajstić information content (AvgIpc) is 3.39. The fourth-order valence-corrected chi connectivity index (χ4v) is 8.06. The second kappa shape index (κ2) is 19.2. The lowest BCUT2D eigenvalue weighted by molar-refractivity contribution is 0.0723. The molecule has 0 aromatic heterocycles. The van der Waals surface area contributed by atoms with E-state index in [1.165, 1.54) is 48.5 Å². The Morgan fingerprint density at radius 2 is 0.571 bits per heavy atom. The van der Waals surface area contributed by atoms with Gasteiger partial charge < -0.3 is 29.2 Å². The fraction of sp³-hybridized carbons (Fsp3) is 0. The number of rotatable bonds is 11. The highest BCUT2D eigenvalue weighted by Crippen LogP contribution is 2.46. The number of carbonyl (C=O) groups is 4. The minimum absolute atomic E-state index is 0.0499. The van der Waals surface area contributed by atoms with Gasteiger partial charge in [-0.05, 0) is 153 Å². The number of hydrogen-bond acceptors (Lipinski definition) is 10. The van der Waals surface area contributed by atoms with E-state index in [1.807, 2.05) is 84.9 Å². The smallest absolute Gasteiger partial charge is 0.343 e. The van der Waals surface area contributed by atoms with Crippen LogP contribution in [-0.2, 0) is 0 Å². The van der Waals surface area contributed by atoms with Crippen molar-refractivity contribution in [1.29, 1.82) is 0 Å². The van der Waals surface area contributed by atoms with Crippen molar-refractivity contribution in [3.05, 3.63) is 241 Å². The highest BCUT2D eigenvalue weighted by atomic mass is 16.5. The minimum atomic E-state index is -0.594. The van der Waals surface area contributed by atoms with Gasteiger partial charge in [0.05, 0.1) is 22.3 Å². The monoisotopic (exact) mass is 918 g/mol. The number of aromatic hydroxyl groups is 2. The van der Waals surface area contributed by atoms with Crippen LogP contribution in [0.1, 0.15) is 41.4 Å². The Hall–Kier alpha value is -9.80. The summed E-state index contributed by atoms with van der Waals surface area (Å²) >= 11 is 0. The molecule has 0 aliphatic carbocycles. The number of phenolic OH excluding ortho intramolecular Hbond substituents is 2. The van der Waals surface area contributed by atoms with Crippen molar-refractivity contribution in [3.8, 4) is 67.9 Å². The predicted octanol–water partition coefficient (Wildman–Crippen LogP) is 13.3. The van der Waals surface area contributed by atoms with Crippen molar-refractivity contribution in [2.45, 2.75) is 0 Å². The molecule has 2 N–H and O–H groups in total. The lowest BCUT2D eigenvalue weighted by Crippen LogP contribution is -2.11. The number of esters is 4. The van der Waals surface area contributed by atoms with Crippen LogP contribution >= 0.6 is 0 Å². The Bertz CT molecular complexity index is 3340. The number of benzene rings is 10. The van der Waals surface area contributed by atoms with Crippen LogP contribution in [-0.4, -0.2) is 34.1 Å². The van der Waals surface area contributed by atoms with Crippen LogP contribution in [0.2, 0.25) is 0 Å². The van der Waals surface area contributed by atoms with Gasteiger partial charge >= 0.3 is 23.9 Å². The predicted molar refractivity (Wildman–Crippen MR) is 267 cm³/mol. The van der Waals surface area contributed by atoms with E-state index < -0.39 is 23.9 Å². The Labute approximate surface area is 400 Å². The maximum atomic E-state index is 14.0. The summed E-state index contributed by atoms with van der Waals surface area (Å²) in [7, 11) is 0. The van der Waals surface area contributed by atoms with E-state index in [4.69, 9.17) is 18.9 Å². The molecule has 10 aromatic rings. The topological polar surface area (TPSA) is 146 Å². The average molecular weight is 919 g/mol. The van der Waals surface area contributed by atoms with Gasteiger partial charge in [0.15, 0.2) is 0 Å². The van der Waals surface area contributed by atoms with Gasteiger partial charge in [0.1, 0.15) is 34.5 Å². The molecule has 70 heavy (non-hydrogen) atoms.